The number of pyridine rings is 1. The summed E-state index contributed by atoms with van der Waals surface area (Å²) in [5.41, 5.74) is 3.94. The van der Waals surface area contributed by atoms with Crippen molar-refractivity contribution in [3.63, 3.8) is 0 Å². The van der Waals surface area contributed by atoms with E-state index in [-0.39, 0.29) is 5.56 Å². The third kappa shape index (κ3) is 2.73. The summed E-state index contributed by atoms with van der Waals surface area (Å²) >= 11 is 0. The zero-order valence-electron chi connectivity index (χ0n) is 7.68. The molecular formula is C8H5F4N3O. The molecule has 1 rings (SSSR count). The number of nitrogen functional groups attached to an aromatic ring is 1. The van der Waals surface area contributed by atoms with Gasteiger partial charge < -0.3 is 10.5 Å². The molecule has 0 aliphatic rings. The molecule has 0 fully saturated rings. The standard InChI is InChI=1S/C8H5F4N3O/c9-2-4-1-5(3-13)15-7(6(4)14)16-8(10,11)12/h1H,2,14H2. The van der Waals surface area contributed by atoms with Crippen molar-refractivity contribution < 1.29 is 22.3 Å². The van der Waals surface area contributed by atoms with E-state index in [2.05, 4.69) is 9.72 Å². The normalized spacial score (nSPS) is 10.9. The maximum absolute atomic E-state index is 12.4. The molecule has 1 aromatic rings. The van der Waals surface area contributed by atoms with Crippen LogP contribution in [0.15, 0.2) is 6.07 Å². The molecule has 1 aromatic heterocycles. The average Bonchev–Trinajstić information content (AvgIpc) is 2.19. The lowest BCUT2D eigenvalue weighted by atomic mass is 10.2. The molecule has 0 aromatic carbocycles. The molecule has 0 spiro atoms. The minimum atomic E-state index is -5.00. The van der Waals surface area contributed by atoms with Crippen LogP contribution in [0.4, 0.5) is 23.2 Å². The van der Waals surface area contributed by atoms with Crippen LogP contribution in [0.3, 0.4) is 0 Å². The number of nitrogens with two attached hydrogens (primary N) is 1. The first kappa shape index (κ1) is 12.0. The summed E-state index contributed by atoms with van der Waals surface area (Å²) in [6, 6.07) is 2.43. The van der Waals surface area contributed by atoms with Crippen LogP contribution < -0.4 is 10.5 Å². The lowest BCUT2D eigenvalue weighted by Crippen LogP contribution is -2.19. The largest absolute Gasteiger partial charge is 0.574 e. The summed E-state index contributed by atoms with van der Waals surface area (Å²) in [5.74, 6) is -1.01. The van der Waals surface area contributed by atoms with Gasteiger partial charge in [0.1, 0.15) is 24.1 Å². The molecule has 86 valence electrons. The number of ether oxygens (including phenoxy) is 1. The molecule has 0 atom stereocenters. The van der Waals surface area contributed by atoms with Crippen LogP contribution in [-0.4, -0.2) is 11.3 Å². The average molecular weight is 235 g/mol. The van der Waals surface area contributed by atoms with E-state index >= 15 is 0 Å². The second-order valence-corrected chi connectivity index (χ2v) is 2.68. The fraction of sp³-hybridized carbons (Fsp3) is 0.250. The van der Waals surface area contributed by atoms with Gasteiger partial charge in [0.15, 0.2) is 0 Å². The van der Waals surface area contributed by atoms with Gasteiger partial charge in [-0.1, -0.05) is 0 Å². The van der Waals surface area contributed by atoms with Gasteiger partial charge in [0, 0.05) is 5.56 Å². The zero-order chi connectivity index (χ0) is 12.3. The van der Waals surface area contributed by atoms with Crippen molar-refractivity contribution in [1.29, 1.82) is 5.26 Å². The lowest BCUT2D eigenvalue weighted by molar-refractivity contribution is -0.275. The minimum Gasteiger partial charge on any atom is -0.394 e. The van der Waals surface area contributed by atoms with E-state index in [1.807, 2.05) is 0 Å². The van der Waals surface area contributed by atoms with Gasteiger partial charge in [0.2, 0.25) is 5.88 Å². The van der Waals surface area contributed by atoms with Gasteiger partial charge in [-0.25, -0.2) is 9.37 Å². The molecule has 1 heterocycles. The number of hydrogen-bond acceptors (Lipinski definition) is 4. The van der Waals surface area contributed by atoms with Crippen LogP contribution in [0, 0.1) is 11.3 Å². The van der Waals surface area contributed by atoms with Crippen molar-refractivity contribution in [3.05, 3.63) is 17.3 Å². The second kappa shape index (κ2) is 4.22. The van der Waals surface area contributed by atoms with E-state index in [1.165, 1.54) is 6.07 Å². The number of anilines is 1. The van der Waals surface area contributed by atoms with Crippen LogP contribution >= 0.6 is 0 Å². The third-order valence-electron chi connectivity index (χ3n) is 1.58. The Morgan fingerprint density at radius 1 is 1.50 bits per heavy atom. The summed E-state index contributed by atoms with van der Waals surface area (Å²) in [6.45, 7) is -1.11. The van der Waals surface area contributed by atoms with Crippen molar-refractivity contribution in [2.75, 3.05) is 5.73 Å². The molecule has 4 nitrogen and oxygen atoms in total. The summed E-state index contributed by atoms with van der Waals surface area (Å²) in [6.07, 6.45) is -5.00. The van der Waals surface area contributed by atoms with Gasteiger partial charge in [-0.3, -0.25) is 0 Å². The van der Waals surface area contributed by atoms with Crippen LogP contribution in [-0.2, 0) is 6.67 Å². The number of nitriles is 1. The van der Waals surface area contributed by atoms with E-state index in [1.54, 1.807) is 0 Å². The van der Waals surface area contributed by atoms with Gasteiger partial charge in [-0.05, 0) is 6.07 Å². The fourth-order valence-corrected chi connectivity index (χ4v) is 0.937. The predicted molar refractivity (Wildman–Crippen MR) is 44.9 cm³/mol. The molecule has 0 bridgehead atoms. The van der Waals surface area contributed by atoms with Crippen LogP contribution in [0.25, 0.3) is 0 Å². The molecule has 2 N–H and O–H groups in total. The monoisotopic (exact) mass is 235 g/mol. The SMILES string of the molecule is N#Cc1cc(CF)c(N)c(OC(F)(F)F)n1. The van der Waals surface area contributed by atoms with E-state index in [0.717, 1.165) is 6.07 Å². The molecule has 0 unspecified atom stereocenters. The first-order valence-corrected chi connectivity index (χ1v) is 3.88. The Kier molecular flexibility index (Phi) is 3.17. The quantitative estimate of drug-likeness (QED) is 0.794. The van der Waals surface area contributed by atoms with Gasteiger partial charge in [0.25, 0.3) is 0 Å². The summed E-state index contributed by atoms with van der Waals surface area (Å²) in [5, 5.41) is 8.46. The van der Waals surface area contributed by atoms with E-state index < -0.39 is 30.3 Å². The summed E-state index contributed by atoms with van der Waals surface area (Å²) in [4.78, 5) is 3.19. The maximum Gasteiger partial charge on any atom is 0.574 e. The molecule has 0 saturated heterocycles. The molecule has 0 radical (unpaired) electrons. The van der Waals surface area contributed by atoms with Crippen molar-refractivity contribution in [2.45, 2.75) is 13.0 Å². The fourth-order valence-electron chi connectivity index (χ4n) is 0.937. The number of alkyl halides is 4. The number of halogens is 4. The van der Waals surface area contributed by atoms with E-state index in [0.29, 0.717) is 0 Å². The van der Waals surface area contributed by atoms with Crippen molar-refractivity contribution >= 4 is 5.69 Å². The zero-order valence-corrected chi connectivity index (χ0v) is 7.68. The molecule has 0 aliphatic heterocycles. The van der Waals surface area contributed by atoms with Crippen molar-refractivity contribution in [2.24, 2.45) is 0 Å². The summed E-state index contributed by atoms with van der Waals surface area (Å²) in [7, 11) is 0. The molecule has 0 amide bonds. The Morgan fingerprint density at radius 2 is 2.12 bits per heavy atom. The molecule has 0 aliphatic carbocycles. The number of hydrogen-bond donors (Lipinski definition) is 1. The maximum atomic E-state index is 12.4. The summed E-state index contributed by atoms with van der Waals surface area (Å²) < 4.78 is 51.5. The number of aromatic nitrogens is 1. The molecule has 16 heavy (non-hydrogen) atoms. The molecular weight excluding hydrogens is 230 g/mol. The highest BCUT2D eigenvalue weighted by atomic mass is 19.4. The van der Waals surface area contributed by atoms with Crippen LogP contribution in [0.2, 0.25) is 0 Å². The van der Waals surface area contributed by atoms with E-state index in [9.17, 15) is 17.6 Å². The Hall–Kier alpha value is -2.04. The number of rotatable bonds is 2. The molecule has 0 saturated carbocycles. The smallest absolute Gasteiger partial charge is 0.394 e. The highest BCUT2D eigenvalue weighted by Gasteiger charge is 2.33. The Morgan fingerprint density at radius 3 is 2.56 bits per heavy atom. The Bertz CT molecular complexity index is 438. The topological polar surface area (TPSA) is 71.9 Å². The van der Waals surface area contributed by atoms with Crippen molar-refractivity contribution in [3.8, 4) is 11.9 Å². The first-order chi connectivity index (χ1) is 7.37. The highest BCUT2D eigenvalue weighted by molar-refractivity contribution is 5.56. The minimum absolute atomic E-state index is 0.272. The lowest BCUT2D eigenvalue weighted by Gasteiger charge is -2.11. The highest BCUT2D eigenvalue weighted by Crippen LogP contribution is 2.29. The Labute approximate surface area is 87.3 Å². The van der Waals surface area contributed by atoms with Gasteiger partial charge >= 0.3 is 6.36 Å². The molecule has 8 heteroatoms. The van der Waals surface area contributed by atoms with Gasteiger partial charge in [-0.15, -0.1) is 13.2 Å². The van der Waals surface area contributed by atoms with E-state index in [4.69, 9.17) is 11.0 Å². The first-order valence-electron chi connectivity index (χ1n) is 3.88. The van der Waals surface area contributed by atoms with Crippen LogP contribution in [0.1, 0.15) is 11.3 Å². The van der Waals surface area contributed by atoms with Crippen molar-refractivity contribution in [1.82, 2.24) is 4.98 Å². The van der Waals surface area contributed by atoms with Crippen LogP contribution in [0.5, 0.6) is 5.88 Å². The number of nitrogens with zero attached hydrogens (tertiary/aromatic N) is 2. The Balaban J connectivity index is 3.23. The van der Waals surface area contributed by atoms with Gasteiger partial charge in [-0.2, -0.15) is 5.26 Å². The predicted octanol–water partition coefficient (Wildman–Crippen LogP) is 1.90. The van der Waals surface area contributed by atoms with Gasteiger partial charge in [0.05, 0.1) is 0 Å². The second-order valence-electron chi connectivity index (χ2n) is 2.68. The third-order valence-corrected chi connectivity index (χ3v) is 1.58.